The molecular weight excluding hydrogens is 412 g/mol. The van der Waals surface area contributed by atoms with Crippen LogP contribution in [0.1, 0.15) is 35.4 Å². The summed E-state index contributed by atoms with van der Waals surface area (Å²) in [5.41, 5.74) is 3.06. The average molecular weight is 443 g/mol. The van der Waals surface area contributed by atoms with Gasteiger partial charge >= 0.3 is 0 Å². The summed E-state index contributed by atoms with van der Waals surface area (Å²) in [4.78, 5) is 41.7. The predicted octanol–water partition coefficient (Wildman–Crippen LogP) is 2.72. The first-order chi connectivity index (χ1) is 14.8. The fourth-order valence-corrected chi connectivity index (χ4v) is 4.47. The van der Waals surface area contributed by atoms with E-state index in [1.54, 1.807) is 0 Å². The predicted molar refractivity (Wildman–Crippen MR) is 123 cm³/mol. The summed E-state index contributed by atoms with van der Waals surface area (Å²) in [5.74, 6) is -0.172. The van der Waals surface area contributed by atoms with Crippen molar-refractivity contribution in [1.29, 1.82) is 0 Å². The minimum Gasteiger partial charge on any atom is -0.348 e. The number of carbonyl (C=O) groups is 3. The third kappa shape index (κ3) is 6.38. The van der Waals surface area contributed by atoms with Crippen molar-refractivity contribution >= 4 is 34.7 Å². The van der Waals surface area contributed by atoms with E-state index in [1.165, 1.54) is 18.3 Å². The molecule has 1 aromatic heterocycles. The lowest BCUT2D eigenvalue weighted by Crippen LogP contribution is -2.51. The molecule has 2 N–H and O–H groups in total. The quantitative estimate of drug-likeness (QED) is 0.691. The molecule has 0 aliphatic carbocycles. The highest BCUT2D eigenvalue weighted by molar-refractivity contribution is 7.10. The van der Waals surface area contributed by atoms with Crippen molar-refractivity contribution in [3.8, 4) is 0 Å². The molecule has 8 heteroatoms. The van der Waals surface area contributed by atoms with Crippen LogP contribution in [0, 0.1) is 13.8 Å². The second-order valence-corrected chi connectivity index (χ2v) is 8.90. The van der Waals surface area contributed by atoms with Crippen LogP contribution in [-0.2, 0) is 14.4 Å². The smallest absolute Gasteiger partial charge is 0.238 e. The fraction of sp³-hybridized carbons (Fsp3) is 0.435. The number of nitrogens with zero attached hydrogens (tertiary/aromatic N) is 2. The number of piperazine rings is 1. The molecule has 3 amide bonds. The molecule has 0 spiro atoms. The lowest BCUT2D eigenvalue weighted by molar-refractivity contribution is -0.133. The lowest BCUT2D eigenvalue weighted by Gasteiger charge is -2.35. The van der Waals surface area contributed by atoms with E-state index in [9.17, 15) is 14.4 Å². The van der Waals surface area contributed by atoms with E-state index in [4.69, 9.17) is 0 Å². The van der Waals surface area contributed by atoms with Gasteiger partial charge in [-0.3, -0.25) is 19.3 Å². The minimum absolute atomic E-state index is 0.0200. The molecule has 0 saturated carbocycles. The maximum atomic E-state index is 12.8. The van der Waals surface area contributed by atoms with E-state index >= 15 is 0 Å². The number of hydrogen-bond donors (Lipinski definition) is 2. The van der Waals surface area contributed by atoms with Crippen LogP contribution in [0.2, 0.25) is 0 Å². The number of nitrogens with one attached hydrogen (secondary N) is 2. The summed E-state index contributed by atoms with van der Waals surface area (Å²) >= 11 is 1.53. The zero-order valence-electron chi connectivity index (χ0n) is 18.3. The fourth-order valence-electron chi connectivity index (χ4n) is 3.70. The molecule has 0 radical (unpaired) electrons. The highest BCUT2D eigenvalue weighted by atomic mass is 32.1. The monoisotopic (exact) mass is 442 g/mol. The van der Waals surface area contributed by atoms with Gasteiger partial charge in [0.05, 0.1) is 19.0 Å². The van der Waals surface area contributed by atoms with E-state index < -0.39 is 0 Å². The molecule has 1 aliphatic rings. The van der Waals surface area contributed by atoms with Gasteiger partial charge in [-0.15, -0.1) is 11.3 Å². The zero-order chi connectivity index (χ0) is 22.4. The average Bonchev–Trinajstić information content (AvgIpc) is 3.26. The van der Waals surface area contributed by atoms with Crippen LogP contribution in [0.5, 0.6) is 0 Å². The molecule has 2 aromatic rings. The van der Waals surface area contributed by atoms with Crippen molar-refractivity contribution < 1.29 is 14.4 Å². The number of benzene rings is 1. The van der Waals surface area contributed by atoms with Gasteiger partial charge in [0.1, 0.15) is 0 Å². The Morgan fingerprint density at radius 1 is 1.06 bits per heavy atom. The van der Waals surface area contributed by atoms with Crippen LogP contribution in [0.15, 0.2) is 35.7 Å². The number of thiophene rings is 1. The first-order valence-corrected chi connectivity index (χ1v) is 11.4. The van der Waals surface area contributed by atoms with Crippen molar-refractivity contribution in [3.05, 3.63) is 51.7 Å². The zero-order valence-corrected chi connectivity index (χ0v) is 19.1. The van der Waals surface area contributed by atoms with Gasteiger partial charge in [0.25, 0.3) is 0 Å². The summed E-state index contributed by atoms with van der Waals surface area (Å²) < 4.78 is 0. The van der Waals surface area contributed by atoms with Crippen molar-refractivity contribution in [2.24, 2.45) is 0 Å². The number of hydrogen-bond acceptors (Lipinski definition) is 5. The summed E-state index contributed by atoms with van der Waals surface area (Å²) in [6.45, 7) is 8.24. The summed E-state index contributed by atoms with van der Waals surface area (Å²) in [6.07, 6.45) is 0.243. The maximum absolute atomic E-state index is 12.8. The Bertz CT molecular complexity index is 921. The minimum atomic E-state index is -0.300. The first-order valence-electron chi connectivity index (χ1n) is 10.5. The Balaban J connectivity index is 1.48. The van der Waals surface area contributed by atoms with E-state index in [2.05, 4.69) is 15.5 Å². The molecule has 3 rings (SSSR count). The molecule has 1 unspecified atom stereocenters. The normalized spacial score (nSPS) is 15.4. The maximum Gasteiger partial charge on any atom is 0.238 e. The number of aryl methyl sites for hydroxylation is 1. The van der Waals surface area contributed by atoms with E-state index in [1.807, 2.05) is 54.5 Å². The van der Waals surface area contributed by atoms with Gasteiger partial charge in [-0.2, -0.15) is 0 Å². The van der Waals surface area contributed by atoms with Crippen LogP contribution in [0.4, 0.5) is 5.69 Å². The number of carbonyl (C=O) groups excluding carboxylic acids is 3. The van der Waals surface area contributed by atoms with Gasteiger partial charge in [0.2, 0.25) is 17.7 Å². The van der Waals surface area contributed by atoms with E-state index in [0.29, 0.717) is 32.7 Å². The molecule has 166 valence electrons. The van der Waals surface area contributed by atoms with Crippen LogP contribution in [-0.4, -0.2) is 60.2 Å². The molecule has 2 heterocycles. The molecule has 1 aromatic carbocycles. The molecule has 1 saturated heterocycles. The largest absolute Gasteiger partial charge is 0.348 e. The molecule has 0 bridgehead atoms. The first kappa shape index (κ1) is 23.0. The highest BCUT2D eigenvalue weighted by Gasteiger charge is 2.26. The second-order valence-electron chi connectivity index (χ2n) is 7.93. The van der Waals surface area contributed by atoms with Gasteiger partial charge in [0, 0.05) is 43.7 Å². The van der Waals surface area contributed by atoms with Gasteiger partial charge in [-0.1, -0.05) is 18.2 Å². The van der Waals surface area contributed by atoms with Crippen molar-refractivity contribution in [2.45, 2.75) is 33.2 Å². The number of amides is 3. The summed E-state index contributed by atoms with van der Waals surface area (Å²) in [6, 6.07) is 9.43. The molecule has 7 nitrogen and oxygen atoms in total. The Morgan fingerprint density at radius 2 is 1.81 bits per heavy atom. The summed E-state index contributed by atoms with van der Waals surface area (Å²) in [7, 11) is 0. The molecule has 1 atom stereocenters. The molecular formula is C23H30N4O3S. The molecule has 31 heavy (non-hydrogen) atoms. The van der Waals surface area contributed by atoms with Gasteiger partial charge in [-0.05, 0) is 42.5 Å². The highest BCUT2D eigenvalue weighted by Crippen LogP contribution is 2.23. The number of anilines is 1. The molecule has 1 aliphatic heterocycles. The van der Waals surface area contributed by atoms with Gasteiger partial charge < -0.3 is 15.5 Å². The third-order valence-corrected chi connectivity index (χ3v) is 6.60. The topological polar surface area (TPSA) is 81.8 Å². The summed E-state index contributed by atoms with van der Waals surface area (Å²) in [5, 5.41) is 7.81. The Kier molecular flexibility index (Phi) is 7.81. The lowest BCUT2D eigenvalue weighted by atomic mass is 10.1. The van der Waals surface area contributed by atoms with Gasteiger partial charge in [0.15, 0.2) is 0 Å². The van der Waals surface area contributed by atoms with Crippen LogP contribution in [0.3, 0.4) is 0 Å². The second kappa shape index (κ2) is 10.5. The SMILES string of the molecule is CC(=O)NC(CC(=O)N1CCN(CC(=O)Nc2cccc(C)c2C)CC1)c1cccs1. The van der Waals surface area contributed by atoms with Crippen molar-refractivity contribution in [1.82, 2.24) is 15.1 Å². The third-order valence-electron chi connectivity index (χ3n) is 5.61. The Hall–Kier alpha value is -2.71. The standard InChI is InChI=1S/C23H30N4O3S/c1-16-6-4-7-19(17(16)2)25-22(29)15-26-9-11-27(12-10-26)23(30)14-20(24-18(3)28)21-8-5-13-31-21/h4-8,13,20H,9-12,14-15H2,1-3H3,(H,24,28)(H,25,29). The van der Waals surface area contributed by atoms with E-state index in [-0.39, 0.29) is 30.2 Å². The van der Waals surface area contributed by atoms with Crippen LogP contribution >= 0.6 is 11.3 Å². The van der Waals surface area contributed by atoms with Gasteiger partial charge in [-0.25, -0.2) is 0 Å². The number of rotatable bonds is 7. The van der Waals surface area contributed by atoms with Crippen LogP contribution in [0.25, 0.3) is 0 Å². The molecule has 1 fully saturated rings. The Labute approximate surface area is 187 Å². The Morgan fingerprint density at radius 3 is 2.45 bits per heavy atom. The van der Waals surface area contributed by atoms with Crippen molar-refractivity contribution in [2.75, 3.05) is 38.0 Å². The van der Waals surface area contributed by atoms with E-state index in [0.717, 1.165) is 21.7 Å². The van der Waals surface area contributed by atoms with Crippen LogP contribution < -0.4 is 10.6 Å². The van der Waals surface area contributed by atoms with Crippen molar-refractivity contribution in [3.63, 3.8) is 0 Å².